The van der Waals surface area contributed by atoms with Gasteiger partial charge in [0.15, 0.2) is 5.76 Å². The molecule has 0 amide bonds. The lowest BCUT2D eigenvalue weighted by molar-refractivity contribution is 0.0695. The maximum atomic E-state index is 14.3. The molecular weight excluding hydrogens is 273 g/mol. The largest absolute Gasteiger partial charge is 0.477 e. The predicted molar refractivity (Wildman–Crippen MR) is 72.8 cm³/mol. The average Bonchev–Trinajstić information content (AvgIpc) is 3.35. The summed E-state index contributed by atoms with van der Waals surface area (Å²) >= 11 is 0. The molecule has 0 radical (unpaired) electrons. The summed E-state index contributed by atoms with van der Waals surface area (Å²) < 4.78 is 19.6. The van der Waals surface area contributed by atoms with E-state index in [1.807, 2.05) is 6.07 Å². The minimum atomic E-state index is -1.10. The minimum absolute atomic E-state index is 0.0319. The summed E-state index contributed by atoms with van der Waals surface area (Å²) in [5.41, 5.74) is 1.31. The smallest absolute Gasteiger partial charge is 0.341 e. The van der Waals surface area contributed by atoms with Crippen molar-refractivity contribution in [2.45, 2.75) is 37.5 Å². The van der Waals surface area contributed by atoms with E-state index in [-0.39, 0.29) is 17.2 Å². The molecule has 2 aromatic rings. The lowest BCUT2D eigenvalue weighted by Crippen LogP contribution is -2.03. The number of carboxylic acids is 1. The Morgan fingerprint density at radius 1 is 1.24 bits per heavy atom. The van der Waals surface area contributed by atoms with Crippen LogP contribution >= 0.6 is 0 Å². The molecule has 1 aromatic carbocycles. The van der Waals surface area contributed by atoms with Crippen molar-refractivity contribution in [2.75, 3.05) is 0 Å². The SMILES string of the molecule is O=C(O)c1c(-c2c(F)cccc2C2CC2)noc1C1CC1. The van der Waals surface area contributed by atoms with Crippen LogP contribution in [0.15, 0.2) is 22.7 Å². The Bertz CT molecular complexity index is 729. The van der Waals surface area contributed by atoms with Crippen molar-refractivity contribution in [1.82, 2.24) is 5.16 Å². The van der Waals surface area contributed by atoms with Gasteiger partial charge in [0, 0.05) is 11.5 Å². The highest BCUT2D eigenvalue weighted by Crippen LogP contribution is 2.48. The van der Waals surface area contributed by atoms with Gasteiger partial charge in [0.1, 0.15) is 17.1 Å². The molecule has 0 atom stereocenters. The van der Waals surface area contributed by atoms with Gasteiger partial charge in [-0.2, -0.15) is 0 Å². The first-order valence-corrected chi connectivity index (χ1v) is 7.18. The molecule has 0 spiro atoms. The molecule has 21 heavy (non-hydrogen) atoms. The number of benzene rings is 1. The van der Waals surface area contributed by atoms with Gasteiger partial charge >= 0.3 is 5.97 Å². The van der Waals surface area contributed by atoms with E-state index in [1.54, 1.807) is 6.07 Å². The predicted octanol–water partition coefficient (Wildman–Crippen LogP) is 3.93. The van der Waals surface area contributed by atoms with Gasteiger partial charge in [-0.3, -0.25) is 0 Å². The molecule has 0 aliphatic heterocycles. The van der Waals surface area contributed by atoms with Crippen LogP contribution in [0.25, 0.3) is 11.3 Å². The highest BCUT2D eigenvalue weighted by atomic mass is 19.1. The van der Waals surface area contributed by atoms with Gasteiger partial charge in [-0.15, -0.1) is 0 Å². The van der Waals surface area contributed by atoms with E-state index in [0.717, 1.165) is 31.2 Å². The zero-order valence-corrected chi connectivity index (χ0v) is 11.3. The third-order valence-corrected chi connectivity index (χ3v) is 4.18. The monoisotopic (exact) mass is 287 g/mol. The van der Waals surface area contributed by atoms with Crippen LogP contribution in [0.1, 0.15) is 59.2 Å². The van der Waals surface area contributed by atoms with E-state index in [1.165, 1.54) is 6.07 Å². The van der Waals surface area contributed by atoms with Crippen molar-refractivity contribution >= 4 is 5.97 Å². The van der Waals surface area contributed by atoms with Crippen LogP contribution < -0.4 is 0 Å². The second-order valence-corrected chi connectivity index (χ2v) is 5.83. The van der Waals surface area contributed by atoms with E-state index < -0.39 is 11.8 Å². The Morgan fingerprint density at radius 3 is 2.57 bits per heavy atom. The molecule has 108 valence electrons. The van der Waals surface area contributed by atoms with Crippen LogP contribution in [0, 0.1) is 5.82 Å². The summed E-state index contributed by atoms with van der Waals surface area (Å²) in [4.78, 5) is 11.6. The summed E-state index contributed by atoms with van der Waals surface area (Å²) in [5, 5.41) is 13.4. The van der Waals surface area contributed by atoms with Crippen molar-refractivity contribution < 1.29 is 18.8 Å². The quantitative estimate of drug-likeness (QED) is 0.925. The van der Waals surface area contributed by atoms with Crippen molar-refractivity contribution in [2.24, 2.45) is 0 Å². The molecule has 1 N–H and O–H groups in total. The van der Waals surface area contributed by atoms with Crippen molar-refractivity contribution in [3.8, 4) is 11.3 Å². The molecule has 5 heteroatoms. The highest BCUT2D eigenvalue weighted by molar-refractivity contribution is 5.96. The maximum absolute atomic E-state index is 14.3. The number of carboxylic acid groups (broad SMARTS) is 1. The lowest BCUT2D eigenvalue weighted by Gasteiger charge is -2.08. The van der Waals surface area contributed by atoms with Gasteiger partial charge in [-0.05, 0) is 43.2 Å². The Labute approximate surface area is 120 Å². The Hall–Kier alpha value is -2.17. The molecule has 1 heterocycles. The fourth-order valence-electron chi connectivity index (χ4n) is 2.83. The molecule has 2 aliphatic rings. The van der Waals surface area contributed by atoms with Crippen LogP contribution in [-0.2, 0) is 0 Å². The number of aromatic nitrogens is 1. The molecule has 2 fully saturated rings. The fraction of sp³-hybridized carbons (Fsp3) is 0.375. The molecule has 4 nitrogen and oxygen atoms in total. The van der Waals surface area contributed by atoms with Gasteiger partial charge in [0.2, 0.25) is 0 Å². The van der Waals surface area contributed by atoms with E-state index in [2.05, 4.69) is 5.16 Å². The Kier molecular flexibility index (Phi) is 2.64. The van der Waals surface area contributed by atoms with E-state index in [0.29, 0.717) is 17.2 Å². The first-order valence-electron chi connectivity index (χ1n) is 7.18. The standard InChI is InChI=1S/C16H14FNO3/c17-11-3-1-2-10(8-4-5-8)12(11)14-13(16(19)20)15(21-18-14)9-6-7-9/h1-3,8-9H,4-7H2,(H,19,20). The van der Waals surface area contributed by atoms with Crippen LogP contribution in [-0.4, -0.2) is 16.2 Å². The number of hydrogen-bond acceptors (Lipinski definition) is 3. The Balaban J connectivity index is 1.93. The average molecular weight is 287 g/mol. The summed E-state index contributed by atoms with van der Waals surface area (Å²) in [6.07, 6.45) is 3.82. The third-order valence-electron chi connectivity index (χ3n) is 4.18. The topological polar surface area (TPSA) is 63.3 Å². The molecule has 0 saturated heterocycles. The number of aromatic carboxylic acids is 1. The summed E-state index contributed by atoms with van der Waals surface area (Å²) in [7, 11) is 0. The molecule has 2 saturated carbocycles. The van der Waals surface area contributed by atoms with Gasteiger partial charge in [-0.25, -0.2) is 9.18 Å². The van der Waals surface area contributed by atoms with Gasteiger partial charge < -0.3 is 9.63 Å². The van der Waals surface area contributed by atoms with Gasteiger partial charge in [0.05, 0.1) is 0 Å². The first kappa shape index (κ1) is 12.6. The summed E-state index contributed by atoms with van der Waals surface area (Å²) in [6, 6.07) is 4.86. The molecular formula is C16H14FNO3. The number of rotatable bonds is 4. The number of halogens is 1. The summed E-state index contributed by atoms with van der Waals surface area (Å²) in [6.45, 7) is 0. The van der Waals surface area contributed by atoms with Gasteiger partial charge in [-0.1, -0.05) is 17.3 Å². The Morgan fingerprint density at radius 2 is 1.95 bits per heavy atom. The van der Waals surface area contributed by atoms with Crippen LogP contribution in [0.4, 0.5) is 4.39 Å². The van der Waals surface area contributed by atoms with Crippen molar-refractivity contribution in [1.29, 1.82) is 0 Å². The zero-order valence-electron chi connectivity index (χ0n) is 11.3. The van der Waals surface area contributed by atoms with Crippen LogP contribution in [0.3, 0.4) is 0 Å². The van der Waals surface area contributed by atoms with E-state index >= 15 is 0 Å². The second kappa shape index (κ2) is 4.41. The molecule has 1 aromatic heterocycles. The van der Waals surface area contributed by atoms with Crippen LogP contribution in [0.5, 0.6) is 0 Å². The molecule has 0 unspecified atom stereocenters. The molecule has 2 aliphatic carbocycles. The molecule has 4 rings (SSSR count). The second-order valence-electron chi connectivity index (χ2n) is 5.83. The first-order chi connectivity index (χ1) is 10.2. The normalized spacial score (nSPS) is 18.0. The number of hydrogen-bond donors (Lipinski definition) is 1. The van der Waals surface area contributed by atoms with Crippen molar-refractivity contribution in [3.63, 3.8) is 0 Å². The lowest BCUT2D eigenvalue weighted by atomic mass is 9.96. The zero-order chi connectivity index (χ0) is 14.6. The number of nitrogens with zero attached hydrogens (tertiary/aromatic N) is 1. The summed E-state index contributed by atoms with van der Waals surface area (Å²) in [5.74, 6) is -0.717. The van der Waals surface area contributed by atoms with Gasteiger partial charge in [0.25, 0.3) is 0 Å². The number of carbonyl (C=O) groups is 1. The van der Waals surface area contributed by atoms with E-state index in [4.69, 9.17) is 4.52 Å². The van der Waals surface area contributed by atoms with Crippen LogP contribution in [0.2, 0.25) is 0 Å². The maximum Gasteiger partial charge on any atom is 0.341 e. The minimum Gasteiger partial charge on any atom is -0.477 e. The molecule has 0 bridgehead atoms. The third kappa shape index (κ3) is 2.04. The highest BCUT2D eigenvalue weighted by Gasteiger charge is 2.37. The fourth-order valence-corrected chi connectivity index (χ4v) is 2.83. The van der Waals surface area contributed by atoms with Crippen molar-refractivity contribution in [3.05, 3.63) is 40.9 Å². The van der Waals surface area contributed by atoms with E-state index in [9.17, 15) is 14.3 Å².